The number of carboxylic acids is 1. The molecule has 0 aliphatic carbocycles. The lowest BCUT2D eigenvalue weighted by Gasteiger charge is -2.29. The highest BCUT2D eigenvalue weighted by atomic mass is 32.2. The second-order valence-corrected chi connectivity index (χ2v) is 5.30. The third-order valence-corrected chi connectivity index (χ3v) is 3.95. The Morgan fingerprint density at radius 1 is 1.10 bits per heavy atom. The number of carboxylic acid groups (broad SMARTS) is 1. The van der Waals surface area contributed by atoms with Crippen molar-refractivity contribution in [2.75, 3.05) is 4.31 Å². The zero-order valence-electron chi connectivity index (χ0n) is 11.3. The second kappa shape index (κ2) is 6.51. The van der Waals surface area contributed by atoms with E-state index in [9.17, 15) is 13.6 Å². The van der Waals surface area contributed by atoms with E-state index in [-0.39, 0.29) is 0 Å². The van der Waals surface area contributed by atoms with Gasteiger partial charge in [0.2, 0.25) is 0 Å². The summed E-state index contributed by atoms with van der Waals surface area (Å²) in [5.41, 5.74) is 2.25. The van der Waals surface area contributed by atoms with Crippen molar-refractivity contribution in [1.82, 2.24) is 0 Å². The van der Waals surface area contributed by atoms with Crippen molar-refractivity contribution in [3.63, 3.8) is 0 Å². The summed E-state index contributed by atoms with van der Waals surface area (Å²) in [6, 6.07) is 15.2. The van der Waals surface area contributed by atoms with Crippen LogP contribution in [-0.4, -0.2) is 25.9 Å². The van der Waals surface area contributed by atoms with Gasteiger partial charge in [-0.05, 0) is 30.2 Å². The van der Waals surface area contributed by atoms with E-state index in [0.29, 0.717) is 5.69 Å². The highest BCUT2D eigenvalue weighted by molar-refractivity contribution is 7.80. The molecule has 2 rings (SSSR count). The van der Waals surface area contributed by atoms with Gasteiger partial charge < -0.3 is 9.66 Å². The molecule has 0 aliphatic rings. The Bertz CT molecular complexity index is 642. The van der Waals surface area contributed by atoms with Crippen molar-refractivity contribution in [3.05, 3.63) is 54.6 Å². The molecular weight excluding hydrogens is 290 g/mol. The third-order valence-electron chi connectivity index (χ3n) is 3.10. The molecule has 1 N–H and O–H groups in total. The van der Waals surface area contributed by atoms with E-state index in [0.717, 1.165) is 15.4 Å². The van der Waals surface area contributed by atoms with Crippen LogP contribution in [0.1, 0.15) is 6.92 Å². The van der Waals surface area contributed by atoms with Gasteiger partial charge in [0.15, 0.2) is 0 Å². The zero-order valence-corrected chi connectivity index (χ0v) is 12.1. The molecule has 0 aromatic heterocycles. The predicted octanol–water partition coefficient (Wildman–Crippen LogP) is 2.43. The smallest absolute Gasteiger partial charge is 0.327 e. The fourth-order valence-electron chi connectivity index (χ4n) is 1.97. The Labute approximate surface area is 125 Å². The van der Waals surface area contributed by atoms with Crippen molar-refractivity contribution in [2.24, 2.45) is 0 Å². The number of aliphatic carboxylic acids is 1. The van der Waals surface area contributed by atoms with Crippen molar-refractivity contribution in [3.8, 4) is 11.1 Å². The van der Waals surface area contributed by atoms with Gasteiger partial charge in [-0.3, -0.25) is 8.51 Å². The summed E-state index contributed by atoms with van der Waals surface area (Å²) >= 11 is -2.65. The first kappa shape index (κ1) is 15.2. The van der Waals surface area contributed by atoms with Gasteiger partial charge in [0.25, 0.3) is 0 Å². The molecule has 5 nitrogen and oxygen atoms in total. The lowest BCUT2D eigenvalue weighted by molar-refractivity contribution is -0.137. The van der Waals surface area contributed by atoms with E-state index in [1.54, 1.807) is 24.3 Å². The van der Waals surface area contributed by atoms with Crippen LogP contribution < -0.4 is 4.31 Å². The number of nitrogens with zero attached hydrogens (tertiary/aromatic N) is 1. The average molecular weight is 304 g/mol. The zero-order chi connectivity index (χ0) is 15.4. The van der Waals surface area contributed by atoms with Crippen LogP contribution in [0.2, 0.25) is 0 Å². The lowest BCUT2D eigenvalue weighted by atomic mass is 10.1. The van der Waals surface area contributed by atoms with Gasteiger partial charge in [0.1, 0.15) is 6.04 Å². The minimum absolute atomic E-state index is 0.318. The number of benzene rings is 2. The Morgan fingerprint density at radius 3 is 2.10 bits per heavy atom. The van der Waals surface area contributed by atoms with E-state index in [1.165, 1.54) is 6.92 Å². The van der Waals surface area contributed by atoms with Crippen LogP contribution >= 0.6 is 0 Å². The highest BCUT2D eigenvalue weighted by Crippen LogP contribution is 2.24. The van der Waals surface area contributed by atoms with Crippen LogP contribution in [0, 0.1) is 0 Å². The molecule has 6 heteroatoms. The minimum atomic E-state index is -2.65. The molecule has 110 valence electrons. The monoisotopic (exact) mass is 304 g/mol. The van der Waals surface area contributed by atoms with Crippen LogP contribution in [0.3, 0.4) is 0 Å². The van der Waals surface area contributed by atoms with Crippen LogP contribution in [0.15, 0.2) is 54.6 Å². The molecular formula is C15H14NO4S-. The third kappa shape index (κ3) is 3.48. The summed E-state index contributed by atoms with van der Waals surface area (Å²) in [6.45, 7) is 1.32. The fourth-order valence-corrected chi connectivity index (χ4v) is 2.61. The van der Waals surface area contributed by atoms with Gasteiger partial charge >= 0.3 is 5.97 Å². The summed E-state index contributed by atoms with van der Waals surface area (Å²) in [5, 5.41) is 8.98. The van der Waals surface area contributed by atoms with Crippen molar-refractivity contribution in [1.29, 1.82) is 0 Å². The molecule has 2 aromatic carbocycles. The van der Waals surface area contributed by atoms with Crippen LogP contribution in [-0.2, 0) is 16.1 Å². The quantitative estimate of drug-likeness (QED) is 0.860. The first-order chi connectivity index (χ1) is 10.0. The summed E-state index contributed by atoms with van der Waals surface area (Å²) in [6.07, 6.45) is 0. The summed E-state index contributed by atoms with van der Waals surface area (Å²) < 4.78 is 23.4. The predicted molar refractivity (Wildman–Crippen MR) is 80.4 cm³/mol. The molecule has 2 atom stereocenters. The second-order valence-electron chi connectivity index (χ2n) is 4.47. The fraction of sp³-hybridized carbons (Fsp3) is 0.133. The number of anilines is 1. The molecule has 0 amide bonds. The number of hydrogen-bond acceptors (Lipinski definition) is 3. The molecule has 21 heavy (non-hydrogen) atoms. The standard InChI is InChI=1S/C15H15NO4S/c1-11(15(17)18)16(21(19)20)14-9-7-13(8-10-14)12-5-3-2-4-6-12/h2-11H,1H3,(H,17,18)(H,19,20)/p-1. The van der Waals surface area contributed by atoms with E-state index < -0.39 is 23.3 Å². The SMILES string of the molecule is CC(C(=O)O)N(c1ccc(-c2ccccc2)cc1)S(=O)[O-]. The maximum absolute atomic E-state index is 11.3. The van der Waals surface area contributed by atoms with Crippen molar-refractivity contribution < 1.29 is 18.7 Å². The molecule has 0 aliphatic heterocycles. The lowest BCUT2D eigenvalue weighted by Crippen LogP contribution is -2.40. The van der Waals surface area contributed by atoms with E-state index in [4.69, 9.17) is 5.11 Å². The molecule has 0 radical (unpaired) electrons. The molecule has 0 spiro atoms. The van der Waals surface area contributed by atoms with Crippen LogP contribution in [0.4, 0.5) is 5.69 Å². The summed E-state index contributed by atoms with van der Waals surface area (Å²) in [7, 11) is 0. The molecule has 0 fully saturated rings. The van der Waals surface area contributed by atoms with Crippen LogP contribution in [0.5, 0.6) is 0 Å². The first-order valence-electron chi connectivity index (χ1n) is 6.27. The normalized spacial score (nSPS) is 13.4. The summed E-state index contributed by atoms with van der Waals surface area (Å²) in [5.74, 6) is -1.20. The summed E-state index contributed by atoms with van der Waals surface area (Å²) in [4.78, 5) is 11.0. The average Bonchev–Trinajstić information content (AvgIpc) is 2.48. The molecule has 0 heterocycles. The minimum Gasteiger partial charge on any atom is -0.755 e. The number of carbonyl (C=O) groups is 1. The van der Waals surface area contributed by atoms with Crippen molar-refractivity contribution in [2.45, 2.75) is 13.0 Å². The maximum atomic E-state index is 11.3. The van der Waals surface area contributed by atoms with E-state index >= 15 is 0 Å². The molecule has 2 unspecified atom stereocenters. The highest BCUT2D eigenvalue weighted by Gasteiger charge is 2.22. The Kier molecular flexibility index (Phi) is 4.72. The Balaban J connectivity index is 2.32. The number of rotatable bonds is 5. The van der Waals surface area contributed by atoms with Crippen LogP contribution in [0.25, 0.3) is 11.1 Å². The van der Waals surface area contributed by atoms with E-state index in [1.807, 2.05) is 30.3 Å². The van der Waals surface area contributed by atoms with Crippen molar-refractivity contribution >= 4 is 22.9 Å². The van der Waals surface area contributed by atoms with Gasteiger partial charge in [0.05, 0.1) is 0 Å². The largest absolute Gasteiger partial charge is 0.755 e. The first-order valence-corrected chi connectivity index (χ1v) is 7.31. The van der Waals surface area contributed by atoms with Gasteiger partial charge in [-0.2, -0.15) is 0 Å². The maximum Gasteiger partial charge on any atom is 0.327 e. The van der Waals surface area contributed by atoms with Gasteiger partial charge in [-0.15, -0.1) is 0 Å². The van der Waals surface area contributed by atoms with Gasteiger partial charge in [-0.1, -0.05) is 42.5 Å². The molecule has 0 bridgehead atoms. The van der Waals surface area contributed by atoms with Gasteiger partial charge in [-0.25, -0.2) is 4.79 Å². The number of hydrogen-bond donors (Lipinski definition) is 1. The topological polar surface area (TPSA) is 80.7 Å². The molecule has 2 aromatic rings. The van der Waals surface area contributed by atoms with Gasteiger partial charge in [0, 0.05) is 17.0 Å². The molecule has 0 saturated carbocycles. The Morgan fingerprint density at radius 2 is 1.62 bits per heavy atom. The van der Waals surface area contributed by atoms with E-state index in [2.05, 4.69) is 0 Å². The Hall–Kier alpha value is -2.18. The molecule has 0 saturated heterocycles.